The second-order valence-electron chi connectivity index (χ2n) is 9.90. The maximum absolute atomic E-state index is 13.3. The average Bonchev–Trinajstić information content (AvgIpc) is 3.27. The third-order valence-electron chi connectivity index (χ3n) is 7.17. The lowest BCUT2D eigenvalue weighted by molar-refractivity contribution is -0.143. The number of amides is 1. The van der Waals surface area contributed by atoms with Gasteiger partial charge in [-0.2, -0.15) is 34.8 Å². The van der Waals surface area contributed by atoms with Crippen LogP contribution in [0, 0.1) is 0 Å². The lowest BCUT2D eigenvalue weighted by Crippen LogP contribution is -2.36. The highest BCUT2D eigenvalue weighted by Gasteiger charge is 2.42. The number of hydrogen-bond acceptors (Lipinski definition) is 4. The Hall–Kier alpha value is -2.60. The molecule has 0 bridgehead atoms. The van der Waals surface area contributed by atoms with Crippen molar-refractivity contribution in [3.63, 3.8) is 0 Å². The Morgan fingerprint density at radius 1 is 0.949 bits per heavy atom. The van der Waals surface area contributed by atoms with Gasteiger partial charge in [-0.1, -0.05) is 32.0 Å². The van der Waals surface area contributed by atoms with E-state index >= 15 is 0 Å². The highest BCUT2D eigenvalue weighted by molar-refractivity contribution is 7.85. The first kappa shape index (κ1) is 30.9. The van der Waals surface area contributed by atoms with Gasteiger partial charge in [0, 0.05) is 18.5 Å². The molecule has 5 nitrogen and oxygen atoms in total. The van der Waals surface area contributed by atoms with Gasteiger partial charge >= 0.3 is 12.4 Å². The third kappa shape index (κ3) is 7.75. The molecule has 1 saturated heterocycles. The second kappa shape index (κ2) is 11.5. The fourth-order valence-electron chi connectivity index (χ4n) is 5.10. The molecule has 0 aromatic heterocycles. The molecule has 3 rings (SSSR count). The molecule has 0 saturated carbocycles. The molecule has 0 aliphatic carbocycles. The Bertz CT molecular complexity index is 1270. The van der Waals surface area contributed by atoms with E-state index in [0.717, 1.165) is 35.8 Å². The molecule has 1 heterocycles. The molecular weight excluding hydrogens is 548 g/mol. The van der Waals surface area contributed by atoms with Crippen molar-refractivity contribution in [1.82, 2.24) is 4.90 Å². The number of alkyl halides is 6. The predicted molar refractivity (Wildman–Crippen MR) is 134 cm³/mol. The van der Waals surface area contributed by atoms with E-state index in [1.54, 1.807) is 0 Å². The summed E-state index contributed by atoms with van der Waals surface area (Å²) in [6.07, 6.45) is -7.48. The number of carbonyl (C=O) groups is 1. The van der Waals surface area contributed by atoms with E-state index in [-0.39, 0.29) is 37.7 Å². The van der Waals surface area contributed by atoms with Gasteiger partial charge < -0.3 is 4.90 Å². The van der Waals surface area contributed by atoms with E-state index in [0.29, 0.717) is 18.6 Å². The normalized spacial score (nSPS) is 18.5. The highest BCUT2D eigenvalue weighted by Crippen LogP contribution is 2.40. The Morgan fingerprint density at radius 2 is 1.54 bits per heavy atom. The minimum atomic E-state index is -5.01. The summed E-state index contributed by atoms with van der Waals surface area (Å²) in [5, 5.41) is 0. The topological polar surface area (TPSA) is 63.7 Å². The van der Waals surface area contributed by atoms with Crippen LogP contribution in [0.4, 0.5) is 26.3 Å². The minimum Gasteiger partial charge on any atom is -0.341 e. The molecule has 216 valence electrons. The molecule has 0 N–H and O–H groups in total. The summed E-state index contributed by atoms with van der Waals surface area (Å²) in [5.41, 5.74) is -0.898. The van der Waals surface area contributed by atoms with Crippen molar-refractivity contribution in [1.29, 1.82) is 0 Å². The zero-order chi connectivity index (χ0) is 29.2. The summed E-state index contributed by atoms with van der Waals surface area (Å²) < 4.78 is 108. The van der Waals surface area contributed by atoms with Crippen molar-refractivity contribution >= 4 is 16.0 Å². The van der Waals surface area contributed by atoms with E-state index in [1.807, 2.05) is 32.0 Å². The zero-order valence-corrected chi connectivity index (χ0v) is 22.7. The Labute approximate surface area is 224 Å². The molecule has 2 aromatic rings. The number of likely N-dealkylation sites (tertiary alicyclic amines) is 1. The van der Waals surface area contributed by atoms with Crippen LogP contribution >= 0.6 is 0 Å². The molecule has 1 aliphatic rings. The van der Waals surface area contributed by atoms with Crippen LogP contribution in [0.5, 0.6) is 0 Å². The van der Waals surface area contributed by atoms with Crippen LogP contribution in [0.15, 0.2) is 36.4 Å². The number of hydrogen-bond donors (Lipinski definition) is 0. The van der Waals surface area contributed by atoms with Crippen LogP contribution in [0.2, 0.25) is 0 Å². The van der Waals surface area contributed by atoms with Crippen molar-refractivity contribution in [2.45, 2.75) is 63.7 Å². The zero-order valence-electron chi connectivity index (χ0n) is 21.9. The van der Waals surface area contributed by atoms with Crippen LogP contribution in [-0.2, 0) is 56.1 Å². The van der Waals surface area contributed by atoms with Gasteiger partial charge in [-0.15, -0.1) is 0 Å². The van der Waals surface area contributed by atoms with E-state index < -0.39 is 51.3 Å². The highest BCUT2D eigenvalue weighted by atomic mass is 32.2. The van der Waals surface area contributed by atoms with Crippen molar-refractivity contribution in [3.05, 3.63) is 69.8 Å². The van der Waals surface area contributed by atoms with Crippen LogP contribution in [0.1, 0.15) is 60.1 Å². The van der Waals surface area contributed by atoms with E-state index in [4.69, 9.17) is 4.18 Å². The standard InChI is InChI=1S/C27H31F6NO4S/c1-4-19-6-7-21(15-20(19)5-2)25(9-11-38-39(3,36)37)8-10-34(17-25)24(35)14-18-12-22(26(28,29)30)16-23(13-18)27(31,32)33/h6-7,12-13,15-16H,4-5,8-11,14,17H2,1-3H3/t25-/m1/s1. The molecule has 1 atom stereocenters. The summed E-state index contributed by atoms with van der Waals surface area (Å²) in [6, 6.07) is 7.09. The molecule has 0 unspecified atom stereocenters. The Morgan fingerprint density at radius 3 is 2.05 bits per heavy atom. The fraction of sp³-hybridized carbons (Fsp3) is 0.519. The summed E-state index contributed by atoms with van der Waals surface area (Å²) in [7, 11) is -3.72. The van der Waals surface area contributed by atoms with Gasteiger partial charge in [0.2, 0.25) is 5.91 Å². The Kier molecular flexibility index (Phi) is 9.11. The lowest BCUT2D eigenvalue weighted by atomic mass is 9.76. The predicted octanol–water partition coefficient (Wildman–Crippen LogP) is 5.93. The second-order valence-corrected chi connectivity index (χ2v) is 11.5. The smallest absolute Gasteiger partial charge is 0.341 e. The number of rotatable bonds is 9. The van der Waals surface area contributed by atoms with Crippen molar-refractivity contribution in [2.24, 2.45) is 0 Å². The van der Waals surface area contributed by atoms with Gasteiger partial charge in [-0.3, -0.25) is 8.98 Å². The molecule has 2 aromatic carbocycles. The first-order chi connectivity index (χ1) is 18.0. The summed E-state index contributed by atoms with van der Waals surface area (Å²) in [5.74, 6) is -0.616. The maximum atomic E-state index is 13.3. The maximum Gasteiger partial charge on any atom is 0.416 e. The van der Waals surface area contributed by atoms with Gasteiger partial charge in [0.25, 0.3) is 10.1 Å². The van der Waals surface area contributed by atoms with Crippen LogP contribution < -0.4 is 0 Å². The number of halogens is 6. The van der Waals surface area contributed by atoms with Gasteiger partial charge in [0.05, 0.1) is 30.4 Å². The quantitative estimate of drug-likeness (QED) is 0.273. The van der Waals surface area contributed by atoms with Gasteiger partial charge in [-0.05, 0) is 66.1 Å². The van der Waals surface area contributed by atoms with Crippen LogP contribution in [0.25, 0.3) is 0 Å². The van der Waals surface area contributed by atoms with Crippen LogP contribution in [0.3, 0.4) is 0 Å². The molecule has 0 spiro atoms. The first-order valence-electron chi connectivity index (χ1n) is 12.5. The van der Waals surface area contributed by atoms with Crippen molar-refractivity contribution in [3.8, 4) is 0 Å². The minimum absolute atomic E-state index is 0.0297. The summed E-state index contributed by atoms with van der Waals surface area (Å²) >= 11 is 0. The molecule has 0 radical (unpaired) electrons. The molecule has 1 amide bonds. The number of benzene rings is 2. The summed E-state index contributed by atoms with van der Waals surface area (Å²) in [4.78, 5) is 14.6. The third-order valence-corrected chi connectivity index (χ3v) is 7.76. The monoisotopic (exact) mass is 579 g/mol. The van der Waals surface area contributed by atoms with Crippen molar-refractivity contribution < 1.29 is 43.7 Å². The van der Waals surface area contributed by atoms with E-state index in [2.05, 4.69) is 0 Å². The number of nitrogens with zero attached hydrogens (tertiary/aromatic N) is 1. The van der Waals surface area contributed by atoms with E-state index in [1.165, 1.54) is 4.90 Å². The molecule has 1 aliphatic heterocycles. The fourth-order valence-corrected chi connectivity index (χ4v) is 5.48. The number of aryl methyl sites for hydroxylation is 2. The SMILES string of the molecule is CCc1ccc([C@@]2(CCOS(C)(=O)=O)CCN(C(=O)Cc3cc(C(F)(F)F)cc(C(F)(F)F)c3)C2)cc1CC. The van der Waals surface area contributed by atoms with Gasteiger partial charge in [0.1, 0.15) is 0 Å². The Balaban J connectivity index is 1.91. The van der Waals surface area contributed by atoms with E-state index in [9.17, 15) is 39.6 Å². The largest absolute Gasteiger partial charge is 0.416 e. The average molecular weight is 580 g/mol. The first-order valence-corrected chi connectivity index (χ1v) is 14.3. The molecule has 12 heteroatoms. The van der Waals surface area contributed by atoms with Crippen LogP contribution in [-0.4, -0.2) is 45.2 Å². The molecular formula is C27H31F6NO4S. The molecule has 39 heavy (non-hydrogen) atoms. The van der Waals surface area contributed by atoms with Crippen molar-refractivity contribution in [2.75, 3.05) is 26.0 Å². The van der Waals surface area contributed by atoms with Gasteiger partial charge in [-0.25, -0.2) is 0 Å². The number of carbonyl (C=O) groups excluding carboxylic acids is 1. The van der Waals surface area contributed by atoms with Gasteiger partial charge in [0.15, 0.2) is 0 Å². The lowest BCUT2D eigenvalue weighted by Gasteiger charge is -2.31. The summed E-state index contributed by atoms with van der Waals surface area (Å²) in [6.45, 7) is 4.23. The molecule has 1 fully saturated rings.